The van der Waals surface area contributed by atoms with Gasteiger partial charge in [-0.25, -0.2) is 4.68 Å². The summed E-state index contributed by atoms with van der Waals surface area (Å²) in [6.07, 6.45) is 7.47. The van der Waals surface area contributed by atoms with E-state index in [1.807, 2.05) is 103 Å². The summed E-state index contributed by atoms with van der Waals surface area (Å²) in [5, 5.41) is 9.30. The Morgan fingerprint density at radius 3 is 2.51 bits per heavy atom. The van der Waals surface area contributed by atoms with Gasteiger partial charge in [0.1, 0.15) is 17.2 Å². The van der Waals surface area contributed by atoms with Crippen LogP contribution in [0, 0.1) is 0 Å². The molecule has 3 heterocycles. The molecule has 8 nitrogen and oxygen atoms in total. The highest BCUT2D eigenvalue weighted by Gasteiger charge is 2.15. The Kier molecular flexibility index (Phi) is 7.49. The van der Waals surface area contributed by atoms with Crippen molar-refractivity contribution >= 4 is 50.5 Å². The minimum absolute atomic E-state index is 0.229. The molecule has 0 bridgehead atoms. The van der Waals surface area contributed by atoms with Crippen LogP contribution in [0.3, 0.4) is 0 Å². The lowest BCUT2D eigenvalue weighted by molar-refractivity contribution is 0.340. The van der Waals surface area contributed by atoms with Crippen molar-refractivity contribution in [3.8, 4) is 28.4 Å². The van der Waals surface area contributed by atoms with E-state index in [1.165, 1.54) is 15.9 Å². The summed E-state index contributed by atoms with van der Waals surface area (Å²) < 4.78 is 15.4. The lowest BCUT2D eigenvalue weighted by atomic mass is 10.1. The topological polar surface area (TPSA) is 83.5 Å². The van der Waals surface area contributed by atoms with Gasteiger partial charge in [-0.3, -0.25) is 4.79 Å². The third-order valence-corrected chi connectivity index (χ3v) is 7.87. The van der Waals surface area contributed by atoms with Gasteiger partial charge in [-0.2, -0.15) is 14.6 Å². The highest BCUT2D eigenvalue weighted by Crippen LogP contribution is 2.32. The molecule has 0 fully saturated rings. The molecule has 6 aromatic rings. The van der Waals surface area contributed by atoms with E-state index in [-0.39, 0.29) is 5.56 Å². The van der Waals surface area contributed by atoms with E-state index < -0.39 is 0 Å². The number of para-hydroxylation sites is 1. The summed E-state index contributed by atoms with van der Waals surface area (Å²) in [7, 11) is 1.63. The van der Waals surface area contributed by atoms with Gasteiger partial charge >= 0.3 is 0 Å². The second-order valence-electron chi connectivity index (χ2n) is 8.98. The number of hydrogen-bond acceptors (Lipinski definition) is 7. The third kappa shape index (κ3) is 5.57. The number of methoxy groups -OCH3 is 1. The molecular weight excluding hydrogens is 602 g/mol. The molecule has 0 radical (unpaired) electrons. The quantitative estimate of drug-likeness (QED) is 0.210. The van der Waals surface area contributed by atoms with Crippen LogP contribution in [0.25, 0.3) is 40.1 Å². The minimum atomic E-state index is -0.229. The lowest BCUT2D eigenvalue weighted by Gasteiger charge is -2.05. The van der Waals surface area contributed by atoms with E-state index in [1.54, 1.807) is 13.2 Å². The third-order valence-electron chi connectivity index (χ3n) is 6.29. The second kappa shape index (κ2) is 11.5. The second-order valence-corrected chi connectivity index (χ2v) is 10.8. The van der Waals surface area contributed by atoms with E-state index in [0.717, 1.165) is 44.0 Å². The molecule has 3 aromatic carbocycles. The summed E-state index contributed by atoms with van der Waals surface area (Å²) >= 11 is 4.86. The summed E-state index contributed by atoms with van der Waals surface area (Å²) in [6, 6.07) is 23.4. The van der Waals surface area contributed by atoms with Crippen molar-refractivity contribution in [3.63, 3.8) is 0 Å². The first-order chi connectivity index (χ1) is 20.0. The highest BCUT2D eigenvalue weighted by atomic mass is 79.9. The smallest absolute Gasteiger partial charge is 0.291 e. The van der Waals surface area contributed by atoms with Gasteiger partial charge in [0.05, 0.1) is 28.4 Å². The molecule has 0 saturated carbocycles. The molecule has 6 rings (SSSR count). The fraction of sp³-hybridized carbons (Fsp3) is 0.0968. The fourth-order valence-electron chi connectivity index (χ4n) is 4.32. The number of nitrogens with zero attached hydrogens (tertiary/aromatic N) is 5. The summed E-state index contributed by atoms with van der Waals surface area (Å²) in [5.74, 6) is 2.01. The molecule has 0 aliphatic carbocycles. The van der Waals surface area contributed by atoms with Crippen molar-refractivity contribution in [1.82, 2.24) is 24.4 Å². The molecule has 204 valence electrons. The molecule has 0 N–H and O–H groups in total. The zero-order valence-corrected chi connectivity index (χ0v) is 24.6. The van der Waals surface area contributed by atoms with Crippen molar-refractivity contribution in [2.75, 3.05) is 13.7 Å². The molecule has 0 unspecified atom stereocenters. The maximum atomic E-state index is 13.3. The van der Waals surface area contributed by atoms with Crippen LogP contribution in [0.4, 0.5) is 0 Å². The normalized spacial score (nSPS) is 12.0. The van der Waals surface area contributed by atoms with Crippen LogP contribution in [0.15, 0.2) is 88.3 Å². The van der Waals surface area contributed by atoms with Crippen molar-refractivity contribution < 1.29 is 9.47 Å². The first kappa shape index (κ1) is 26.7. The van der Waals surface area contributed by atoms with Crippen LogP contribution in [-0.2, 0) is 0 Å². The van der Waals surface area contributed by atoms with Gasteiger partial charge in [0.15, 0.2) is 5.82 Å². The first-order valence-corrected chi connectivity index (χ1v) is 14.4. The Hall–Kier alpha value is -4.54. The Morgan fingerprint density at radius 2 is 1.80 bits per heavy atom. The average molecular weight is 627 g/mol. The number of halogens is 1. The van der Waals surface area contributed by atoms with Crippen molar-refractivity contribution in [2.24, 2.45) is 0 Å². The van der Waals surface area contributed by atoms with Crippen molar-refractivity contribution in [2.45, 2.75) is 6.92 Å². The van der Waals surface area contributed by atoms with Gasteiger partial charge in [-0.1, -0.05) is 47.7 Å². The zero-order valence-electron chi connectivity index (χ0n) is 22.2. The van der Waals surface area contributed by atoms with Crippen LogP contribution < -0.4 is 19.6 Å². The number of hydrogen-bond donors (Lipinski definition) is 0. The predicted molar refractivity (Wildman–Crippen MR) is 166 cm³/mol. The standard InChI is InChI=1S/C31H24BrN5O3S/c1-3-40-24-13-9-20(10-14-24)11-16-28-33-31-37(34-28)30(38)27(41-31)18-22-19-36(23-7-5-4-6-8-23)35-29(22)21-12-15-26(39-2)25(32)17-21/h4-19H,3H2,1-2H3/b16-11+,27-18-. The fourth-order valence-corrected chi connectivity index (χ4v) is 5.76. The average Bonchev–Trinajstić information content (AvgIpc) is 3.68. The molecule has 41 heavy (non-hydrogen) atoms. The molecular formula is C31H24BrN5O3S. The predicted octanol–water partition coefficient (Wildman–Crippen LogP) is 5.89. The summed E-state index contributed by atoms with van der Waals surface area (Å²) in [4.78, 5) is 18.4. The van der Waals surface area contributed by atoms with Gasteiger partial charge in [0.2, 0.25) is 4.96 Å². The number of fused-ring (bicyclic) bond motifs is 1. The molecule has 0 aliphatic rings. The van der Waals surface area contributed by atoms with Gasteiger partial charge in [0.25, 0.3) is 5.56 Å². The molecule has 0 saturated heterocycles. The molecule has 0 amide bonds. The van der Waals surface area contributed by atoms with Crippen molar-refractivity contribution in [3.05, 3.63) is 115 Å². The number of ether oxygens (including phenoxy) is 2. The SMILES string of the molecule is CCOc1ccc(/C=C/c2nc3s/c(=C\c4cn(-c5ccccc5)nc4-c4ccc(OC)c(Br)c4)c(=O)n3n2)cc1. The molecule has 10 heteroatoms. The molecule has 3 aromatic heterocycles. The van der Waals surface area contributed by atoms with E-state index >= 15 is 0 Å². The van der Waals surface area contributed by atoms with Gasteiger partial charge < -0.3 is 9.47 Å². The van der Waals surface area contributed by atoms with Crippen LogP contribution in [0.1, 0.15) is 23.9 Å². The monoisotopic (exact) mass is 625 g/mol. The van der Waals surface area contributed by atoms with Crippen molar-refractivity contribution in [1.29, 1.82) is 0 Å². The van der Waals surface area contributed by atoms with Gasteiger partial charge in [-0.05, 0) is 83.0 Å². The number of thiazole rings is 1. The Labute approximate surface area is 247 Å². The molecule has 0 spiro atoms. The van der Waals surface area contributed by atoms with E-state index in [4.69, 9.17) is 14.6 Å². The van der Waals surface area contributed by atoms with Crippen LogP contribution in [0.5, 0.6) is 11.5 Å². The van der Waals surface area contributed by atoms with E-state index in [0.29, 0.717) is 21.9 Å². The Bertz CT molecular complexity index is 1980. The number of aromatic nitrogens is 5. The van der Waals surface area contributed by atoms with Crippen LogP contribution in [0.2, 0.25) is 0 Å². The lowest BCUT2D eigenvalue weighted by Crippen LogP contribution is -2.23. The first-order valence-electron chi connectivity index (χ1n) is 12.8. The van der Waals surface area contributed by atoms with Crippen LogP contribution in [-0.4, -0.2) is 38.1 Å². The van der Waals surface area contributed by atoms with E-state index in [2.05, 4.69) is 26.0 Å². The minimum Gasteiger partial charge on any atom is -0.496 e. The largest absolute Gasteiger partial charge is 0.496 e. The summed E-state index contributed by atoms with van der Waals surface area (Å²) in [5.41, 5.74) is 4.07. The van der Waals surface area contributed by atoms with Crippen LogP contribution >= 0.6 is 27.3 Å². The van der Waals surface area contributed by atoms with E-state index in [9.17, 15) is 4.79 Å². The number of rotatable bonds is 8. The Balaban J connectivity index is 1.37. The zero-order chi connectivity index (χ0) is 28.3. The molecule has 0 aliphatic heterocycles. The number of benzene rings is 3. The Morgan fingerprint density at radius 1 is 1.00 bits per heavy atom. The maximum Gasteiger partial charge on any atom is 0.291 e. The van der Waals surface area contributed by atoms with Gasteiger partial charge in [0, 0.05) is 17.3 Å². The molecule has 0 atom stereocenters. The summed E-state index contributed by atoms with van der Waals surface area (Å²) in [6.45, 7) is 2.57. The highest BCUT2D eigenvalue weighted by molar-refractivity contribution is 9.10. The van der Waals surface area contributed by atoms with Gasteiger partial charge in [-0.15, -0.1) is 5.10 Å². The maximum absolute atomic E-state index is 13.3.